The van der Waals surface area contributed by atoms with Crippen LogP contribution in [0.3, 0.4) is 0 Å². The number of hydrogen-bond donors (Lipinski definition) is 0. The normalized spacial score (nSPS) is 9.80. The van der Waals surface area contributed by atoms with E-state index in [1.807, 2.05) is 13.0 Å². The predicted octanol–water partition coefficient (Wildman–Crippen LogP) is 3.02. The molecule has 0 aliphatic rings. The molecule has 0 saturated heterocycles. The molecule has 0 heterocycles. The molecule has 0 radical (unpaired) electrons. The molecule has 0 bridgehead atoms. The summed E-state index contributed by atoms with van der Waals surface area (Å²) in [5.41, 5.74) is 0.452. The van der Waals surface area contributed by atoms with E-state index in [0.717, 1.165) is 4.47 Å². The fraction of sp³-hybridized carbons (Fsp3) is 0.364. The first-order valence-corrected chi connectivity index (χ1v) is 5.58. The van der Waals surface area contributed by atoms with E-state index < -0.39 is 0 Å². The van der Waals surface area contributed by atoms with Crippen LogP contribution in [-0.2, 0) is 4.74 Å². The van der Waals surface area contributed by atoms with Gasteiger partial charge in [0.15, 0.2) is 0 Å². The SMILES string of the molecule is CCOC(=O)c1cccc(Br)c1OCC. The van der Waals surface area contributed by atoms with Crippen molar-refractivity contribution in [3.63, 3.8) is 0 Å². The van der Waals surface area contributed by atoms with E-state index in [2.05, 4.69) is 15.9 Å². The van der Waals surface area contributed by atoms with Crippen molar-refractivity contribution in [3.8, 4) is 5.75 Å². The molecule has 0 spiro atoms. The number of hydrogen-bond acceptors (Lipinski definition) is 3. The van der Waals surface area contributed by atoms with Crippen molar-refractivity contribution in [1.82, 2.24) is 0 Å². The van der Waals surface area contributed by atoms with E-state index >= 15 is 0 Å². The van der Waals surface area contributed by atoms with Gasteiger partial charge >= 0.3 is 5.97 Å². The molecule has 15 heavy (non-hydrogen) atoms. The molecular weight excluding hydrogens is 260 g/mol. The minimum absolute atomic E-state index is 0.358. The second kappa shape index (κ2) is 5.75. The second-order valence-electron chi connectivity index (χ2n) is 2.77. The van der Waals surface area contributed by atoms with Crippen LogP contribution < -0.4 is 4.74 Å². The van der Waals surface area contributed by atoms with Crippen LogP contribution in [0.5, 0.6) is 5.75 Å². The zero-order valence-corrected chi connectivity index (χ0v) is 10.3. The minimum Gasteiger partial charge on any atom is -0.492 e. The molecule has 0 fully saturated rings. The Morgan fingerprint density at radius 1 is 1.33 bits per heavy atom. The molecule has 1 aromatic rings. The average Bonchev–Trinajstić information content (AvgIpc) is 2.21. The van der Waals surface area contributed by atoms with E-state index in [4.69, 9.17) is 9.47 Å². The zero-order valence-electron chi connectivity index (χ0n) is 8.75. The lowest BCUT2D eigenvalue weighted by atomic mass is 10.2. The number of benzene rings is 1. The summed E-state index contributed by atoms with van der Waals surface area (Å²) < 4.78 is 11.1. The molecule has 0 aliphatic carbocycles. The summed E-state index contributed by atoms with van der Waals surface area (Å²) in [7, 11) is 0. The van der Waals surface area contributed by atoms with Crippen LogP contribution in [0.25, 0.3) is 0 Å². The van der Waals surface area contributed by atoms with Crippen LogP contribution in [0, 0.1) is 0 Å². The van der Waals surface area contributed by atoms with Crippen molar-refractivity contribution in [2.45, 2.75) is 13.8 Å². The fourth-order valence-electron chi connectivity index (χ4n) is 1.17. The van der Waals surface area contributed by atoms with Crippen LogP contribution in [-0.4, -0.2) is 19.2 Å². The van der Waals surface area contributed by atoms with Gasteiger partial charge in [-0.3, -0.25) is 0 Å². The number of carbonyl (C=O) groups excluding carboxylic acids is 1. The van der Waals surface area contributed by atoms with Crippen LogP contribution >= 0.6 is 15.9 Å². The summed E-state index contributed by atoms with van der Waals surface area (Å²) in [6, 6.07) is 5.29. The lowest BCUT2D eigenvalue weighted by Crippen LogP contribution is -2.08. The maximum absolute atomic E-state index is 11.6. The molecule has 1 aromatic carbocycles. The van der Waals surface area contributed by atoms with E-state index in [0.29, 0.717) is 24.5 Å². The van der Waals surface area contributed by atoms with Gasteiger partial charge in [0.05, 0.1) is 17.7 Å². The van der Waals surface area contributed by atoms with Crippen molar-refractivity contribution in [1.29, 1.82) is 0 Å². The van der Waals surface area contributed by atoms with Gasteiger partial charge in [-0.15, -0.1) is 0 Å². The summed E-state index contributed by atoms with van der Waals surface area (Å²) in [5.74, 6) is 0.181. The molecule has 0 amide bonds. The predicted molar refractivity (Wildman–Crippen MR) is 61.3 cm³/mol. The number of carbonyl (C=O) groups is 1. The monoisotopic (exact) mass is 272 g/mol. The summed E-state index contributed by atoms with van der Waals surface area (Å²) in [5, 5.41) is 0. The molecule has 82 valence electrons. The van der Waals surface area contributed by atoms with E-state index in [1.54, 1.807) is 19.1 Å². The average molecular weight is 273 g/mol. The standard InChI is InChI=1S/C11H13BrO3/c1-3-14-10-8(11(13)15-4-2)6-5-7-9(10)12/h5-7H,3-4H2,1-2H3. The molecular formula is C11H13BrO3. The Hall–Kier alpha value is -1.03. The number of ether oxygens (including phenoxy) is 2. The number of para-hydroxylation sites is 1. The minimum atomic E-state index is -0.359. The van der Waals surface area contributed by atoms with Gasteiger partial charge < -0.3 is 9.47 Å². The molecule has 0 aliphatic heterocycles. The Balaban J connectivity index is 3.04. The van der Waals surface area contributed by atoms with Crippen molar-refractivity contribution < 1.29 is 14.3 Å². The third-order valence-electron chi connectivity index (χ3n) is 1.75. The number of halogens is 1. The van der Waals surface area contributed by atoms with Gasteiger partial charge in [0.1, 0.15) is 11.3 Å². The van der Waals surface area contributed by atoms with Gasteiger partial charge in [0.2, 0.25) is 0 Å². The van der Waals surface area contributed by atoms with E-state index in [-0.39, 0.29) is 5.97 Å². The maximum atomic E-state index is 11.6. The maximum Gasteiger partial charge on any atom is 0.341 e. The Morgan fingerprint density at radius 3 is 2.67 bits per heavy atom. The van der Waals surface area contributed by atoms with Crippen LogP contribution in [0.2, 0.25) is 0 Å². The highest BCUT2D eigenvalue weighted by Gasteiger charge is 2.15. The largest absolute Gasteiger partial charge is 0.492 e. The van der Waals surface area contributed by atoms with Crippen molar-refractivity contribution >= 4 is 21.9 Å². The summed E-state index contributed by atoms with van der Waals surface area (Å²) in [4.78, 5) is 11.6. The summed E-state index contributed by atoms with van der Waals surface area (Å²) in [6.07, 6.45) is 0. The van der Waals surface area contributed by atoms with Crippen LogP contribution in [0.4, 0.5) is 0 Å². The fourth-order valence-corrected chi connectivity index (χ4v) is 1.65. The molecule has 0 saturated carbocycles. The Labute approximate surface area is 97.5 Å². The first kappa shape index (κ1) is 12.0. The van der Waals surface area contributed by atoms with Crippen molar-refractivity contribution in [2.24, 2.45) is 0 Å². The lowest BCUT2D eigenvalue weighted by molar-refractivity contribution is 0.0522. The number of esters is 1. The Morgan fingerprint density at radius 2 is 2.07 bits per heavy atom. The Bertz CT molecular complexity index is 350. The molecule has 1 rings (SSSR count). The van der Waals surface area contributed by atoms with E-state index in [9.17, 15) is 4.79 Å². The van der Waals surface area contributed by atoms with Gasteiger partial charge in [-0.2, -0.15) is 0 Å². The highest BCUT2D eigenvalue weighted by Crippen LogP contribution is 2.29. The third kappa shape index (κ3) is 2.96. The lowest BCUT2D eigenvalue weighted by Gasteiger charge is -2.10. The van der Waals surface area contributed by atoms with Crippen molar-refractivity contribution in [2.75, 3.05) is 13.2 Å². The second-order valence-corrected chi connectivity index (χ2v) is 3.62. The summed E-state index contributed by atoms with van der Waals surface area (Å²) >= 11 is 3.33. The third-order valence-corrected chi connectivity index (χ3v) is 2.38. The number of rotatable bonds is 4. The molecule has 0 N–H and O–H groups in total. The van der Waals surface area contributed by atoms with Crippen molar-refractivity contribution in [3.05, 3.63) is 28.2 Å². The zero-order chi connectivity index (χ0) is 11.3. The highest BCUT2D eigenvalue weighted by atomic mass is 79.9. The van der Waals surface area contributed by atoms with Crippen LogP contribution in [0.15, 0.2) is 22.7 Å². The topological polar surface area (TPSA) is 35.5 Å². The van der Waals surface area contributed by atoms with E-state index in [1.165, 1.54) is 0 Å². The smallest absolute Gasteiger partial charge is 0.341 e. The quantitative estimate of drug-likeness (QED) is 0.791. The van der Waals surface area contributed by atoms with Crippen LogP contribution in [0.1, 0.15) is 24.2 Å². The van der Waals surface area contributed by atoms with Gasteiger partial charge in [-0.05, 0) is 41.9 Å². The van der Waals surface area contributed by atoms with Gasteiger partial charge in [0.25, 0.3) is 0 Å². The molecule has 0 atom stereocenters. The Kier molecular flexibility index (Phi) is 4.62. The van der Waals surface area contributed by atoms with Gasteiger partial charge in [-0.25, -0.2) is 4.79 Å². The molecule has 0 aromatic heterocycles. The first-order valence-electron chi connectivity index (χ1n) is 4.79. The highest BCUT2D eigenvalue weighted by molar-refractivity contribution is 9.10. The first-order chi connectivity index (χ1) is 7.20. The van der Waals surface area contributed by atoms with Gasteiger partial charge in [0, 0.05) is 0 Å². The molecule has 4 heteroatoms. The summed E-state index contributed by atoms with van der Waals surface area (Å²) in [6.45, 7) is 4.51. The molecule has 0 unspecified atom stereocenters. The molecule has 3 nitrogen and oxygen atoms in total. The van der Waals surface area contributed by atoms with Gasteiger partial charge in [-0.1, -0.05) is 6.07 Å².